The third kappa shape index (κ3) is 6.47. The van der Waals surface area contributed by atoms with E-state index in [4.69, 9.17) is 14.5 Å². The first-order valence-electron chi connectivity index (χ1n) is 15.9. The second-order valence-corrected chi connectivity index (χ2v) is 13.4. The second-order valence-electron chi connectivity index (χ2n) is 13.4. The lowest BCUT2D eigenvalue weighted by molar-refractivity contribution is 0.0185. The van der Waals surface area contributed by atoms with E-state index < -0.39 is 5.60 Å². The van der Waals surface area contributed by atoms with Crippen LogP contribution >= 0.6 is 0 Å². The van der Waals surface area contributed by atoms with Gasteiger partial charge in [0.2, 0.25) is 5.88 Å². The molecular formula is C34H45N5O3. The lowest BCUT2D eigenvalue weighted by Gasteiger charge is -2.33. The van der Waals surface area contributed by atoms with E-state index >= 15 is 0 Å². The molecule has 224 valence electrons. The van der Waals surface area contributed by atoms with Crippen molar-refractivity contribution in [3.8, 4) is 23.0 Å². The van der Waals surface area contributed by atoms with Crippen LogP contribution < -0.4 is 4.74 Å². The smallest absolute Gasteiger partial charge is 0.410 e. The lowest BCUT2D eigenvalue weighted by Crippen LogP contribution is -2.42. The van der Waals surface area contributed by atoms with Gasteiger partial charge in [0.1, 0.15) is 17.0 Å². The zero-order valence-electron chi connectivity index (χ0n) is 25.6. The van der Waals surface area contributed by atoms with Crippen molar-refractivity contribution in [3.05, 3.63) is 53.2 Å². The molecule has 1 aromatic carbocycles. The fourth-order valence-electron chi connectivity index (χ4n) is 6.97. The van der Waals surface area contributed by atoms with Crippen LogP contribution in [-0.2, 0) is 4.74 Å². The van der Waals surface area contributed by atoms with E-state index in [1.807, 2.05) is 50.6 Å². The fourth-order valence-corrected chi connectivity index (χ4v) is 6.97. The molecule has 0 atom stereocenters. The molecule has 0 spiro atoms. The van der Waals surface area contributed by atoms with Gasteiger partial charge >= 0.3 is 6.09 Å². The Labute approximate surface area is 249 Å². The van der Waals surface area contributed by atoms with E-state index in [1.54, 1.807) is 4.90 Å². The van der Waals surface area contributed by atoms with Gasteiger partial charge in [-0.1, -0.05) is 43.0 Å². The van der Waals surface area contributed by atoms with Crippen LogP contribution in [0.3, 0.4) is 0 Å². The maximum absolute atomic E-state index is 12.6. The molecule has 1 amide bonds. The average Bonchev–Trinajstić information content (AvgIpc) is 3.75. The molecule has 8 heteroatoms. The van der Waals surface area contributed by atoms with E-state index in [-0.39, 0.29) is 12.1 Å². The molecule has 0 N–H and O–H groups in total. The first kappa shape index (κ1) is 28.7. The van der Waals surface area contributed by atoms with Crippen LogP contribution in [-0.4, -0.2) is 49.7 Å². The van der Waals surface area contributed by atoms with Gasteiger partial charge < -0.3 is 14.4 Å². The number of hydrogen-bond donors (Lipinski definition) is 0. The van der Waals surface area contributed by atoms with Crippen molar-refractivity contribution in [2.24, 2.45) is 0 Å². The molecule has 2 saturated carbocycles. The Bertz CT molecular complexity index is 1360. The lowest BCUT2D eigenvalue weighted by atomic mass is 9.90. The Kier molecular flexibility index (Phi) is 8.24. The number of benzene rings is 1. The van der Waals surface area contributed by atoms with Crippen LogP contribution in [0.1, 0.15) is 120 Å². The van der Waals surface area contributed by atoms with Gasteiger partial charge in [-0.2, -0.15) is 0 Å². The highest BCUT2D eigenvalue weighted by atomic mass is 16.6. The second kappa shape index (κ2) is 12.1. The van der Waals surface area contributed by atoms with Crippen molar-refractivity contribution in [3.63, 3.8) is 0 Å². The Morgan fingerprint density at radius 2 is 1.50 bits per heavy atom. The number of carbonyl (C=O) groups excluding carboxylic acids is 1. The summed E-state index contributed by atoms with van der Waals surface area (Å²) < 4.78 is 14.1. The first-order valence-corrected chi connectivity index (χ1v) is 15.9. The maximum Gasteiger partial charge on any atom is 0.410 e. The van der Waals surface area contributed by atoms with Gasteiger partial charge in [-0.15, -0.1) is 5.10 Å². The number of pyridine rings is 1. The van der Waals surface area contributed by atoms with Crippen molar-refractivity contribution >= 4 is 6.09 Å². The molecule has 2 aromatic heterocycles. The topological polar surface area (TPSA) is 82.4 Å². The molecule has 8 nitrogen and oxygen atoms in total. The molecule has 42 heavy (non-hydrogen) atoms. The van der Waals surface area contributed by atoms with Gasteiger partial charge in [0.25, 0.3) is 0 Å². The van der Waals surface area contributed by atoms with Crippen molar-refractivity contribution < 1.29 is 14.3 Å². The predicted octanol–water partition coefficient (Wildman–Crippen LogP) is 8.33. The number of carbonyl (C=O) groups is 1. The van der Waals surface area contributed by atoms with Crippen molar-refractivity contribution in [1.29, 1.82) is 0 Å². The van der Waals surface area contributed by atoms with Crippen LogP contribution in [0.15, 0.2) is 36.4 Å². The number of hydrogen-bond acceptors (Lipinski definition) is 6. The minimum absolute atomic E-state index is 0.128. The van der Waals surface area contributed by atoms with Crippen molar-refractivity contribution in [1.82, 2.24) is 24.9 Å². The average molecular weight is 572 g/mol. The van der Waals surface area contributed by atoms with Crippen LogP contribution in [0.4, 0.5) is 4.79 Å². The summed E-state index contributed by atoms with van der Waals surface area (Å²) in [5.74, 6) is 2.75. The van der Waals surface area contributed by atoms with E-state index in [1.165, 1.54) is 62.5 Å². The van der Waals surface area contributed by atoms with Gasteiger partial charge in [-0.3, -0.25) is 0 Å². The number of nitrogens with zero attached hydrogens (tertiary/aromatic N) is 5. The molecule has 6 rings (SSSR count). The molecule has 3 aliphatic rings. The number of aryl methyl sites for hydroxylation is 1. The van der Waals surface area contributed by atoms with Gasteiger partial charge in [-0.05, 0) is 107 Å². The van der Waals surface area contributed by atoms with Crippen LogP contribution in [0.5, 0.6) is 11.6 Å². The maximum atomic E-state index is 12.6. The Balaban J connectivity index is 1.21. The minimum Gasteiger partial charge on any atom is -0.444 e. The van der Waals surface area contributed by atoms with Crippen LogP contribution in [0.2, 0.25) is 0 Å². The van der Waals surface area contributed by atoms with E-state index in [9.17, 15) is 4.79 Å². The highest BCUT2D eigenvalue weighted by Gasteiger charge is 2.30. The molecule has 0 unspecified atom stereocenters. The number of rotatable bonds is 6. The monoisotopic (exact) mass is 571 g/mol. The molecule has 0 bridgehead atoms. The zero-order chi connectivity index (χ0) is 29.3. The molecule has 3 aromatic rings. The summed E-state index contributed by atoms with van der Waals surface area (Å²) in [6, 6.07) is 13.0. The summed E-state index contributed by atoms with van der Waals surface area (Å²) in [7, 11) is 0. The van der Waals surface area contributed by atoms with E-state index in [0.717, 1.165) is 35.7 Å². The summed E-state index contributed by atoms with van der Waals surface area (Å²) in [6.45, 7) is 8.91. The predicted molar refractivity (Wildman–Crippen MR) is 163 cm³/mol. The standard InChI is InChI=1S/C34H45N5O3/c1-23-32(39(37-36-23)28-16-18-38(19-17-28)33(40)42-34(2,3)4)30-14-9-15-31(35-30)41-29-21-26(24-10-5-6-11-24)20-27(22-29)25-12-7-8-13-25/h9,14-15,20-22,24-25,28H,5-8,10-13,16-19H2,1-4H3. The summed E-state index contributed by atoms with van der Waals surface area (Å²) in [4.78, 5) is 19.3. The molecule has 3 heterocycles. The van der Waals surface area contributed by atoms with Crippen molar-refractivity contribution in [2.75, 3.05) is 13.1 Å². The highest BCUT2D eigenvalue weighted by molar-refractivity contribution is 5.68. The SMILES string of the molecule is Cc1nnn(C2CCN(C(=O)OC(C)(C)C)CC2)c1-c1cccc(Oc2cc(C3CCCC3)cc(C3CCCC3)c2)n1. The Morgan fingerprint density at radius 1 is 0.881 bits per heavy atom. The van der Waals surface area contributed by atoms with Gasteiger partial charge in [0, 0.05) is 19.2 Å². The quantitative estimate of drug-likeness (QED) is 0.296. The van der Waals surface area contributed by atoms with E-state index in [0.29, 0.717) is 30.8 Å². The number of likely N-dealkylation sites (tertiary alicyclic amines) is 1. The van der Waals surface area contributed by atoms with Crippen LogP contribution in [0, 0.1) is 6.92 Å². The number of ether oxygens (including phenoxy) is 2. The summed E-state index contributed by atoms with van der Waals surface area (Å²) in [5.41, 5.74) is 4.90. The number of amides is 1. The zero-order valence-corrected chi connectivity index (χ0v) is 25.6. The number of aromatic nitrogens is 4. The van der Waals surface area contributed by atoms with E-state index in [2.05, 4.69) is 28.5 Å². The summed E-state index contributed by atoms with van der Waals surface area (Å²) in [6.07, 6.45) is 11.7. The molecule has 3 fully saturated rings. The molecule has 1 saturated heterocycles. The summed E-state index contributed by atoms with van der Waals surface area (Å²) >= 11 is 0. The molecule has 0 radical (unpaired) electrons. The molecule has 1 aliphatic heterocycles. The summed E-state index contributed by atoms with van der Waals surface area (Å²) in [5, 5.41) is 8.94. The van der Waals surface area contributed by atoms with Gasteiger partial charge in [0.05, 0.1) is 17.4 Å². The normalized spacial score (nSPS) is 19.0. The Morgan fingerprint density at radius 3 is 2.10 bits per heavy atom. The molecular weight excluding hydrogens is 526 g/mol. The van der Waals surface area contributed by atoms with Gasteiger partial charge in [-0.25, -0.2) is 14.5 Å². The van der Waals surface area contributed by atoms with Crippen LogP contribution in [0.25, 0.3) is 11.4 Å². The third-order valence-electron chi connectivity index (χ3n) is 9.12. The molecule has 2 aliphatic carbocycles. The largest absolute Gasteiger partial charge is 0.444 e. The number of piperidine rings is 1. The minimum atomic E-state index is -0.501. The fraction of sp³-hybridized carbons (Fsp3) is 0.588. The first-order chi connectivity index (χ1) is 20.2. The van der Waals surface area contributed by atoms with Gasteiger partial charge in [0.15, 0.2) is 0 Å². The third-order valence-corrected chi connectivity index (χ3v) is 9.12. The Hall–Kier alpha value is -3.42. The highest BCUT2D eigenvalue weighted by Crippen LogP contribution is 2.41. The van der Waals surface area contributed by atoms with Crippen molar-refractivity contribution in [2.45, 2.75) is 115 Å².